The summed E-state index contributed by atoms with van der Waals surface area (Å²) >= 11 is 0. The molecule has 0 amide bonds. The Balaban J connectivity index is 2.06. The third-order valence-electron chi connectivity index (χ3n) is 3.70. The van der Waals surface area contributed by atoms with Gasteiger partial charge in [-0.15, -0.1) is 0 Å². The van der Waals surface area contributed by atoms with Crippen molar-refractivity contribution in [3.05, 3.63) is 0 Å². The van der Waals surface area contributed by atoms with Gasteiger partial charge in [-0.2, -0.15) is 0 Å². The number of ether oxygens (including phenoxy) is 1. The van der Waals surface area contributed by atoms with Gasteiger partial charge in [0, 0.05) is 32.8 Å². The first kappa shape index (κ1) is 13.9. The molecule has 3 nitrogen and oxygen atoms in total. The van der Waals surface area contributed by atoms with E-state index in [1.165, 1.54) is 32.2 Å². The van der Waals surface area contributed by atoms with Crippen molar-refractivity contribution in [2.75, 3.05) is 40.4 Å². The first-order valence-electron chi connectivity index (χ1n) is 6.64. The molecule has 0 saturated heterocycles. The minimum absolute atomic E-state index is 0.623. The van der Waals surface area contributed by atoms with Crippen LogP contribution in [0.25, 0.3) is 0 Å². The van der Waals surface area contributed by atoms with Gasteiger partial charge in [-0.3, -0.25) is 0 Å². The second kappa shape index (κ2) is 8.04. The van der Waals surface area contributed by atoms with Crippen LogP contribution < -0.4 is 5.32 Å². The highest BCUT2D eigenvalue weighted by Gasteiger charge is 2.18. The fraction of sp³-hybridized carbons (Fsp3) is 1.00. The zero-order valence-electron chi connectivity index (χ0n) is 11.2. The van der Waals surface area contributed by atoms with Crippen LogP contribution in [0.1, 0.15) is 32.6 Å². The summed E-state index contributed by atoms with van der Waals surface area (Å²) in [6.45, 7) is 6.39. The van der Waals surface area contributed by atoms with E-state index in [-0.39, 0.29) is 0 Å². The van der Waals surface area contributed by atoms with Crippen molar-refractivity contribution < 1.29 is 4.74 Å². The summed E-state index contributed by atoms with van der Waals surface area (Å²) in [7, 11) is 4.00. The third-order valence-corrected chi connectivity index (χ3v) is 3.70. The molecule has 0 radical (unpaired) electrons. The lowest BCUT2D eigenvalue weighted by Gasteiger charge is -2.27. The molecule has 0 aromatic carbocycles. The second-order valence-electron chi connectivity index (χ2n) is 5.14. The largest absolute Gasteiger partial charge is 0.383 e. The third kappa shape index (κ3) is 5.28. The van der Waals surface area contributed by atoms with Crippen molar-refractivity contribution in [2.24, 2.45) is 5.92 Å². The van der Waals surface area contributed by atoms with E-state index in [0.717, 1.165) is 25.6 Å². The van der Waals surface area contributed by atoms with Gasteiger partial charge >= 0.3 is 0 Å². The lowest BCUT2D eigenvalue weighted by molar-refractivity contribution is 0.186. The molecule has 1 atom stereocenters. The Hall–Kier alpha value is -0.120. The number of nitrogens with zero attached hydrogens (tertiary/aromatic N) is 1. The van der Waals surface area contributed by atoms with Crippen LogP contribution in [0.2, 0.25) is 0 Å². The standard InChI is InChI=1S/C13H28N2O/c1-12(10-14-8-9-16-3)15(2)11-13-6-4-5-7-13/h12-14H,4-11H2,1-3H3. The highest BCUT2D eigenvalue weighted by Crippen LogP contribution is 2.25. The molecule has 1 unspecified atom stereocenters. The molecule has 96 valence electrons. The molecule has 1 saturated carbocycles. The van der Waals surface area contributed by atoms with Crippen molar-refractivity contribution >= 4 is 0 Å². The van der Waals surface area contributed by atoms with Crippen LogP contribution in [0.15, 0.2) is 0 Å². The van der Waals surface area contributed by atoms with Crippen LogP contribution in [0.4, 0.5) is 0 Å². The van der Waals surface area contributed by atoms with E-state index in [0.29, 0.717) is 6.04 Å². The van der Waals surface area contributed by atoms with Gasteiger partial charge in [0.2, 0.25) is 0 Å². The Morgan fingerprint density at radius 2 is 2.06 bits per heavy atom. The molecular weight excluding hydrogens is 200 g/mol. The maximum atomic E-state index is 5.02. The number of rotatable bonds is 8. The van der Waals surface area contributed by atoms with E-state index in [2.05, 4.69) is 24.2 Å². The highest BCUT2D eigenvalue weighted by atomic mass is 16.5. The minimum Gasteiger partial charge on any atom is -0.383 e. The first-order valence-corrected chi connectivity index (χ1v) is 6.64. The fourth-order valence-corrected chi connectivity index (χ4v) is 2.42. The van der Waals surface area contributed by atoms with Crippen molar-refractivity contribution in [2.45, 2.75) is 38.6 Å². The van der Waals surface area contributed by atoms with E-state index < -0.39 is 0 Å². The molecule has 0 bridgehead atoms. The molecule has 1 aliphatic carbocycles. The molecule has 0 aliphatic heterocycles. The van der Waals surface area contributed by atoms with Crippen LogP contribution in [0.5, 0.6) is 0 Å². The summed E-state index contributed by atoms with van der Waals surface area (Å²) in [5.74, 6) is 0.950. The number of methoxy groups -OCH3 is 1. The molecule has 0 aromatic rings. The van der Waals surface area contributed by atoms with Crippen LogP contribution in [0, 0.1) is 5.92 Å². The number of hydrogen-bond donors (Lipinski definition) is 1. The van der Waals surface area contributed by atoms with Crippen molar-refractivity contribution in [3.63, 3.8) is 0 Å². The van der Waals surface area contributed by atoms with E-state index in [9.17, 15) is 0 Å². The molecule has 0 aromatic heterocycles. The maximum absolute atomic E-state index is 5.02. The molecule has 1 fully saturated rings. The predicted molar refractivity (Wildman–Crippen MR) is 68.8 cm³/mol. The molecule has 0 spiro atoms. The Bertz CT molecular complexity index is 169. The van der Waals surface area contributed by atoms with Crippen LogP contribution in [-0.4, -0.2) is 51.3 Å². The van der Waals surface area contributed by atoms with Gasteiger partial charge in [-0.1, -0.05) is 12.8 Å². The van der Waals surface area contributed by atoms with Gasteiger partial charge in [0.05, 0.1) is 6.61 Å². The minimum atomic E-state index is 0.623. The summed E-state index contributed by atoms with van der Waals surface area (Å²) in [6.07, 6.45) is 5.76. The van der Waals surface area contributed by atoms with Crippen molar-refractivity contribution in [3.8, 4) is 0 Å². The fourth-order valence-electron chi connectivity index (χ4n) is 2.42. The molecule has 16 heavy (non-hydrogen) atoms. The molecular formula is C13H28N2O. The topological polar surface area (TPSA) is 24.5 Å². The number of hydrogen-bond acceptors (Lipinski definition) is 3. The zero-order valence-corrected chi connectivity index (χ0v) is 11.2. The Kier molecular flexibility index (Phi) is 7.01. The van der Waals surface area contributed by atoms with Gasteiger partial charge < -0.3 is 15.0 Å². The summed E-state index contributed by atoms with van der Waals surface area (Å²) in [5, 5.41) is 3.43. The van der Waals surface area contributed by atoms with Gasteiger partial charge in [0.15, 0.2) is 0 Å². The molecule has 1 aliphatic rings. The Morgan fingerprint density at radius 3 is 2.69 bits per heavy atom. The normalized spacial score (nSPS) is 19.5. The molecule has 1 rings (SSSR count). The van der Waals surface area contributed by atoms with Crippen molar-refractivity contribution in [1.82, 2.24) is 10.2 Å². The summed E-state index contributed by atoms with van der Waals surface area (Å²) in [5.41, 5.74) is 0. The zero-order chi connectivity index (χ0) is 11.8. The Labute approximate surface area is 101 Å². The molecule has 0 heterocycles. The average molecular weight is 228 g/mol. The van der Waals surface area contributed by atoms with Crippen LogP contribution >= 0.6 is 0 Å². The summed E-state index contributed by atoms with van der Waals surface area (Å²) in [6, 6.07) is 0.623. The summed E-state index contributed by atoms with van der Waals surface area (Å²) in [4.78, 5) is 2.50. The number of nitrogens with one attached hydrogen (secondary N) is 1. The van der Waals surface area contributed by atoms with Gasteiger partial charge in [-0.05, 0) is 32.7 Å². The SMILES string of the molecule is COCCNCC(C)N(C)CC1CCCC1. The van der Waals surface area contributed by atoms with Gasteiger partial charge in [0.25, 0.3) is 0 Å². The lowest BCUT2D eigenvalue weighted by Crippen LogP contribution is -2.40. The van der Waals surface area contributed by atoms with E-state index in [1.807, 2.05) is 0 Å². The molecule has 3 heteroatoms. The summed E-state index contributed by atoms with van der Waals surface area (Å²) < 4.78 is 5.02. The monoisotopic (exact) mass is 228 g/mol. The molecule has 1 N–H and O–H groups in total. The van der Waals surface area contributed by atoms with E-state index >= 15 is 0 Å². The highest BCUT2D eigenvalue weighted by molar-refractivity contribution is 4.74. The van der Waals surface area contributed by atoms with E-state index in [1.54, 1.807) is 7.11 Å². The van der Waals surface area contributed by atoms with Gasteiger partial charge in [-0.25, -0.2) is 0 Å². The quantitative estimate of drug-likeness (QED) is 0.640. The maximum Gasteiger partial charge on any atom is 0.0587 e. The van der Waals surface area contributed by atoms with E-state index in [4.69, 9.17) is 4.74 Å². The Morgan fingerprint density at radius 1 is 1.38 bits per heavy atom. The smallest absolute Gasteiger partial charge is 0.0587 e. The van der Waals surface area contributed by atoms with Gasteiger partial charge in [0.1, 0.15) is 0 Å². The van der Waals surface area contributed by atoms with Crippen molar-refractivity contribution in [1.29, 1.82) is 0 Å². The van der Waals surface area contributed by atoms with Crippen LogP contribution in [0.3, 0.4) is 0 Å². The lowest BCUT2D eigenvalue weighted by atomic mass is 10.1. The number of likely N-dealkylation sites (N-methyl/N-ethyl adjacent to an activating group) is 1. The average Bonchev–Trinajstić information content (AvgIpc) is 2.76. The predicted octanol–water partition coefficient (Wildman–Crippen LogP) is 1.73. The van der Waals surface area contributed by atoms with Crippen LogP contribution in [-0.2, 0) is 4.74 Å². The first-order chi connectivity index (χ1) is 7.74. The second-order valence-corrected chi connectivity index (χ2v) is 5.14.